The van der Waals surface area contributed by atoms with E-state index >= 15 is 0 Å². The summed E-state index contributed by atoms with van der Waals surface area (Å²) in [5, 5.41) is 9.74. The molecule has 1 unspecified atom stereocenters. The number of carbonyl (C=O) groups is 1. The van der Waals surface area contributed by atoms with E-state index in [2.05, 4.69) is 34.6 Å². The van der Waals surface area contributed by atoms with Crippen LogP contribution in [-0.2, 0) is 16.0 Å². The topological polar surface area (TPSA) is 70.7 Å². The van der Waals surface area contributed by atoms with Crippen LogP contribution in [-0.4, -0.2) is 73.8 Å². The molecule has 0 saturated carbocycles. The van der Waals surface area contributed by atoms with Crippen molar-refractivity contribution < 1.29 is 14.3 Å². The summed E-state index contributed by atoms with van der Waals surface area (Å²) in [7, 11) is 3.36. The second kappa shape index (κ2) is 11.9. The monoisotopic (exact) mass is 464 g/mol. The summed E-state index contributed by atoms with van der Waals surface area (Å²) in [6.45, 7) is 10.6. The molecule has 1 fully saturated rings. The first-order chi connectivity index (χ1) is 16.4. The van der Waals surface area contributed by atoms with Gasteiger partial charge < -0.3 is 18.9 Å². The molecule has 0 N–H and O–H groups in total. The summed E-state index contributed by atoms with van der Waals surface area (Å²) in [4.78, 5) is 17.3. The number of aryl methyl sites for hydroxylation is 1. The molecule has 1 aliphatic rings. The molecule has 1 amide bonds. The zero-order valence-electron chi connectivity index (χ0n) is 21.0. The van der Waals surface area contributed by atoms with Crippen molar-refractivity contribution in [2.24, 2.45) is 0 Å². The molecule has 1 aromatic carbocycles. The SMILES string of the molecule is COCC(C)n1c(C)cc(/C=C(\C#N)C(=O)N2CCN(CCc3ccc(OC)cc3)CC2)c1C. The van der Waals surface area contributed by atoms with Gasteiger partial charge in [0.25, 0.3) is 5.91 Å². The molecule has 3 rings (SSSR count). The molecule has 34 heavy (non-hydrogen) atoms. The Morgan fingerprint density at radius 3 is 2.41 bits per heavy atom. The van der Waals surface area contributed by atoms with Crippen LogP contribution in [0.3, 0.4) is 0 Å². The lowest BCUT2D eigenvalue weighted by Gasteiger charge is -2.34. The molecule has 7 heteroatoms. The van der Waals surface area contributed by atoms with Crippen molar-refractivity contribution in [1.29, 1.82) is 5.26 Å². The molecule has 2 aromatic rings. The average molecular weight is 465 g/mol. The number of aromatic nitrogens is 1. The highest BCUT2D eigenvalue weighted by atomic mass is 16.5. The number of nitrogens with zero attached hydrogens (tertiary/aromatic N) is 4. The number of hydrogen-bond donors (Lipinski definition) is 0. The second-order valence-corrected chi connectivity index (χ2v) is 8.90. The molecule has 0 radical (unpaired) electrons. The average Bonchev–Trinajstić information content (AvgIpc) is 3.14. The van der Waals surface area contributed by atoms with Crippen LogP contribution in [0.25, 0.3) is 6.08 Å². The Bertz CT molecular complexity index is 1040. The fraction of sp³-hybridized carbons (Fsp3) is 0.481. The largest absolute Gasteiger partial charge is 0.497 e. The van der Waals surface area contributed by atoms with Gasteiger partial charge >= 0.3 is 0 Å². The molecular weight excluding hydrogens is 428 g/mol. The maximum atomic E-state index is 13.1. The van der Waals surface area contributed by atoms with Crippen molar-refractivity contribution >= 4 is 12.0 Å². The summed E-state index contributed by atoms with van der Waals surface area (Å²) in [5.41, 5.74) is 4.48. The minimum atomic E-state index is -0.188. The maximum absolute atomic E-state index is 13.1. The number of carbonyl (C=O) groups excluding carboxylic acids is 1. The number of nitriles is 1. The summed E-state index contributed by atoms with van der Waals surface area (Å²) in [5.74, 6) is 0.677. The fourth-order valence-electron chi connectivity index (χ4n) is 4.66. The number of amides is 1. The highest BCUT2D eigenvalue weighted by Gasteiger charge is 2.24. The van der Waals surface area contributed by atoms with Crippen LogP contribution >= 0.6 is 0 Å². The third kappa shape index (κ3) is 6.07. The van der Waals surface area contributed by atoms with Crippen molar-refractivity contribution in [3.05, 3.63) is 58.4 Å². The van der Waals surface area contributed by atoms with E-state index in [4.69, 9.17) is 9.47 Å². The van der Waals surface area contributed by atoms with E-state index in [9.17, 15) is 10.1 Å². The minimum absolute atomic E-state index is 0.180. The quantitative estimate of drug-likeness (QED) is 0.419. The van der Waals surface area contributed by atoms with Gasteiger partial charge in [0, 0.05) is 51.2 Å². The maximum Gasteiger partial charge on any atom is 0.264 e. The Balaban J connectivity index is 1.59. The Hall–Kier alpha value is -3.08. The highest BCUT2D eigenvalue weighted by molar-refractivity contribution is 6.01. The predicted octanol–water partition coefficient (Wildman–Crippen LogP) is 3.61. The summed E-state index contributed by atoms with van der Waals surface area (Å²) < 4.78 is 12.7. The zero-order chi connectivity index (χ0) is 24.7. The van der Waals surface area contributed by atoms with Gasteiger partial charge in [-0.05, 0) is 62.6 Å². The van der Waals surface area contributed by atoms with Gasteiger partial charge in [0.05, 0.1) is 19.8 Å². The molecule has 2 heterocycles. The van der Waals surface area contributed by atoms with Gasteiger partial charge in [-0.15, -0.1) is 0 Å². The molecule has 7 nitrogen and oxygen atoms in total. The molecule has 1 saturated heterocycles. The third-order valence-electron chi connectivity index (χ3n) is 6.56. The lowest BCUT2D eigenvalue weighted by Crippen LogP contribution is -2.49. The molecular formula is C27H36N4O3. The Kier molecular flexibility index (Phi) is 8.91. The Morgan fingerprint density at radius 1 is 1.15 bits per heavy atom. The lowest BCUT2D eigenvalue weighted by molar-refractivity contribution is -0.128. The Morgan fingerprint density at radius 2 is 1.82 bits per heavy atom. The van der Waals surface area contributed by atoms with E-state index in [0.717, 1.165) is 48.8 Å². The minimum Gasteiger partial charge on any atom is -0.497 e. The van der Waals surface area contributed by atoms with Gasteiger partial charge in [-0.1, -0.05) is 12.1 Å². The standard InChI is InChI=1S/C27H36N4O3/c1-20-16-24(22(3)31(20)21(2)19-33-4)17-25(18-28)27(32)30-14-12-29(13-15-30)11-10-23-6-8-26(34-5)9-7-23/h6-9,16-17,21H,10-15,19H2,1-5H3/b25-17+. The Labute approximate surface area is 203 Å². The van der Waals surface area contributed by atoms with Gasteiger partial charge in [-0.2, -0.15) is 5.26 Å². The summed E-state index contributed by atoms with van der Waals surface area (Å²) >= 11 is 0. The molecule has 1 atom stereocenters. The van der Waals surface area contributed by atoms with Crippen molar-refractivity contribution in [3.8, 4) is 11.8 Å². The highest BCUT2D eigenvalue weighted by Crippen LogP contribution is 2.23. The van der Waals surface area contributed by atoms with Crippen LogP contribution in [0.4, 0.5) is 0 Å². The predicted molar refractivity (Wildman–Crippen MR) is 134 cm³/mol. The molecule has 0 bridgehead atoms. The molecule has 0 spiro atoms. The van der Waals surface area contributed by atoms with Gasteiger partial charge in [-0.25, -0.2) is 0 Å². The van der Waals surface area contributed by atoms with Crippen molar-refractivity contribution in [2.45, 2.75) is 33.2 Å². The van der Waals surface area contributed by atoms with Crippen LogP contribution in [0.2, 0.25) is 0 Å². The van der Waals surface area contributed by atoms with Crippen LogP contribution < -0.4 is 4.74 Å². The number of ether oxygens (including phenoxy) is 2. The second-order valence-electron chi connectivity index (χ2n) is 8.90. The number of rotatable bonds is 9. The van der Waals surface area contributed by atoms with E-state index in [1.807, 2.05) is 32.0 Å². The van der Waals surface area contributed by atoms with Crippen molar-refractivity contribution in [1.82, 2.24) is 14.4 Å². The fourth-order valence-corrected chi connectivity index (χ4v) is 4.66. The van der Waals surface area contributed by atoms with E-state index in [1.54, 1.807) is 25.2 Å². The lowest BCUT2D eigenvalue weighted by atomic mass is 10.1. The van der Waals surface area contributed by atoms with Crippen LogP contribution in [0.5, 0.6) is 5.75 Å². The van der Waals surface area contributed by atoms with Crippen molar-refractivity contribution in [2.75, 3.05) is 53.6 Å². The smallest absolute Gasteiger partial charge is 0.264 e. The van der Waals surface area contributed by atoms with E-state index in [1.165, 1.54) is 5.56 Å². The normalized spacial score (nSPS) is 15.8. The van der Waals surface area contributed by atoms with Crippen LogP contribution in [0, 0.1) is 25.2 Å². The first-order valence-corrected chi connectivity index (χ1v) is 11.8. The van der Waals surface area contributed by atoms with Crippen molar-refractivity contribution in [3.63, 3.8) is 0 Å². The van der Waals surface area contributed by atoms with E-state index in [-0.39, 0.29) is 17.5 Å². The molecule has 1 aliphatic heterocycles. The number of hydrogen-bond acceptors (Lipinski definition) is 5. The number of piperazine rings is 1. The van der Waals surface area contributed by atoms with E-state index in [0.29, 0.717) is 19.7 Å². The van der Waals surface area contributed by atoms with Gasteiger partial charge in [0.2, 0.25) is 0 Å². The molecule has 182 valence electrons. The van der Waals surface area contributed by atoms with Gasteiger partial charge in [0.15, 0.2) is 0 Å². The van der Waals surface area contributed by atoms with Crippen LogP contribution in [0.15, 0.2) is 35.9 Å². The molecule has 1 aromatic heterocycles. The molecule has 0 aliphatic carbocycles. The summed E-state index contributed by atoms with van der Waals surface area (Å²) in [6, 6.07) is 12.5. The third-order valence-corrected chi connectivity index (χ3v) is 6.56. The summed E-state index contributed by atoms with van der Waals surface area (Å²) in [6.07, 6.45) is 2.69. The first kappa shape index (κ1) is 25.5. The van der Waals surface area contributed by atoms with Crippen LogP contribution in [0.1, 0.15) is 35.5 Å². The number of methoxy groups -OCH3 is 2. The van der Waals surface area contributed by atoms with Gasteiger partial charge in [0.1, 0.15) is 17.4 Å². The zero-order valence-corrected chi connectivity index (χ0v) is 21.0. The first-order valence-electron chi connectivity index (χ1n) is 11.8. The van der Waals surface area contributed by atoms with Gasteiger partial charge in [-0.3, -0.25) is 9.69 Å². The number of benzene rings is 1. The van der Waals surface area contributed by atoms with E-state index < -0.39 is 0 Å².